The van der Waals surface area contributed by atoms with Gasteiger partial charge >= 0.3 is 0 Å². The molecule has 1 aliphatic heterocycles. The van der Waals surface area contributed by atoms with Gasteiger partial charge in [-0.25, -0.2) is 0 Å². The van der Waals surface area contributed by atoms with E-state index in [4.69, 9.17) is 9.84 Å². The Labute approximate surface area is 89.5 Å². The van der Waals surface area contributed by atoms with Gasteiger partial charge in [-0.1, -0.05) is 6.07 Å². The molecule has 1 aliphatic rings. The molecule has 0 bridgehead atoms. The number of rotatable bonds is 1. The number of halogens is 1. The van der Waals surface area contributed by atoms with Gasteiger partial charge in [0.1, 0.15) is 12.4 Å². The third kappa shape index (κ3) is 2.38. The van der Waals surface area contributed by atoms with Crippen molar-refractivity contribution in [3.05, 3.63) is 29.3 Å². The van der Waals surface area contributed by atoms with Crippen molar-refractivity contribution in [1.82, 2.24) is 5.32 Å². The number of aliphatic hydroxyl groups excluding tert-OH is 1. The molecule has 4 heteroatoms. The fourth-order valence-electron chi connectivity index (χ4n) is 1.47. The van der Waals surface area contributed by atoms with Gasteiger partial charge in [0.2, 0.25) is 0 Å². The highest BCUT2D eigenvalue weighted by Gasteiger charge is 2.07. The Morgan fingerprint density at radius 3 is 3.07 bits per heavy atom. The summed E-state index contributed by atoms with van der Waals surface area (Å²) in [6.07, 6.45) is 0. The zero-order valence-corrected chi connectivity index (χ0v) is 8.64. The van der Waals surface area contributed by atoms with E-state index in [-0.39, 0.29) is 19.0 Å². The molecule has 0 spiro atoms. The van der Waals surface area contributed by atoms with Crippen LogP contribution >= 0.6 is 12.4 Å². The maximum Gasteiger partial charge on any atom is 0.123 e. The number of nitrogens with one attached hydrogen (secondary N) is 1. The molecule has 0 fully saturated rings. The van der Waals surface area contributed by atoms with Crippen LogP contribution in [0.2, 0.25) is 0 Å². The third-order valence-corrected chi connectivity index (χ3v) is 2.16. The largest absolute Gasteiger partial charge is 0.492 e. The van der Waals surface area contributed by atoms with Crippen molar-refractivity contribution in [2.45, 2.75) is 13.2 Å². The van der Waals surface area contributed by atoms with E-state index in [1.807, 2.05) is 18.2 Å². The van der Waals surface area contributed by atoms with Crippen molar-refractivity contribution in [1.29, 1.82) is 0 Å². The molecule has 0 unspecified atom stereocenters. The number of ether oxygens (including phenoxy) is 1. The summed E-state index contributed by atoms with van der Waals surface area (Å²) in [5, 5.41) is 12.2. The SMILES string of the molecule is Cl.OCc1ccc2c(c1)CNCCO2. The Kier molecular flexibility index (Phi) is 4.20. The Morgan fingerprint density at radius 2 is 2.29 bits per heavy atom. The lowest BCUT2D eigenvalue weighted by Gasteiger charge is -2.07. The van der Waals surface area contributed by atoms with Gasteiger partial charge in [-0.3, -0.25) is 0 Å². The molecule has 14 heavy (non-hydrogen) atoms. The summed E-state index contributed by atoms with van der Waals surface area (Å²) in [6, 6.07) is 5.80. The predicted octanol–water partition coefficient (Wildman–Crippen LogP) is 1.08. The van der Waals surface area contributed by atoms with Crippen LogP contribution in [0.5, 0.6) is 5.75 Å². The number of hydrogen-bond donors (Lipinski definition) is 2. The Bertz CT molecular complexity index is 304. The van der Waals surface area contributed by atoms with Gasteiger partial charge in [0.15, 0.2) is 0 Å². The van der Waals surface area contributed by atoms with Gasteiger partial charge in [-0.15, -0.1) is 12.4 Å². The van der Waals surface area contributed by atoms with Crippen LogP contribution in [0.15, 0.2) is 18.2 Å². The van der Waals surface area contributed by atoms with E-state index in [1.165, 1.54) is 0 Å². The van der Waals surface area contributed by atoms with Crippen LogP contribution in [-0.2, 0) is 13.2 Å². The number of benzene rings is 1. The average molecular weight is 216 g/mol. The first-order valence-corrected chi connectivity index (χ1v) is 4.46. The molecule has 0 amide bonds. The van der Waals surface area contributed by atoms with E-state index in [9.17, 15) is 0 Å². The average Bonchev–Trinajstić information content (AvgIpc) is 2.41. The van der Waals surface area contributed by atoms with Crippen molar-refractivity contribution in [3.63, 3.8) is 0 Å². The van der Waals surface area contributed by atoms with E-state index in [0.717, 1.165) is 30.0 Å². The van der Waals surface area contributed by atoms with Gasteiger partial charge in [-0.05, 0) is 17.7 Å². The minimum atomic E-state index is 0. The third-order valence-electron chi connectivity index (χ3n) is 2.16. The highest BCUT2D eigenvalue weighted by molar-refractivity contribution is 5.85. The van der Waals surface area contributed by atoms with E-state index < -0.39 is 0 Å². The molecule has 1 aromatic carbocycles. The molecule has 0 saturated heterocycles. The van der Waals surface area contributed by atoms with E-state index in [1.54, 1.807) is 0 Å². The van der Waals surface area contributed by atoms with Gasteiger partial charge in [0.05, 0.1) is 6.61 Å². The van der Waals surface area contributed by atoms with Gasteiger partial charge in [0.25, 0.3) is 0 Å². The lowest BCUT2D eigenvalue weighted by atomic mass is 10.1. The summed E-state index contributed by atoms with van der Waals surface area (Å²) in [6.45, 7) is 2.51. The van der Waals surface area contributed by atoms with Crippen LogP contribution in [0, 0.1) is 0 Å². The first kappa shape index (κ1) is 11.3. The second-order valence-corrected chi connectivity index (χ2v) is 3.13. The molecule has 0 saturated carbocycles. The normalized spacial score (nSPS) is 14.6. The molecule has 0 aromatic heterocycles. The first-order chi connectivity index (χ1) is 6.40. The Balaban J connectivity index is 0.000000980. The van der Waals surface area contributed by atoms with Crippen LogP contribution < -0.4 is 10.1 Å². The van der Waals surface area contributed by atoms with Crippen molar-refractivity contribution >= 4 is 12.4 Å². The molecule has 3 nitrogen and oxygen atoms in total. The molecular weight excluding hydrogens is 202 g/mol. The second-order valence-electron chi connectivity index (χ2n) is 3.13. The highest BCUT2D eigenvalue weighted by atomic mass is 35.5. The van der Waals surface area contributed by atoms with Crippen molar-refractivity contribution < 1.29 is 9.84 Å². The van der Waals surface area contributed by atoms with Crippen molar-refractivity contribution in [2.75, 3.05) is 13.2 Å². The number of hydrogen-bond acceptors (Lipinski definition) is 3. The summed E-state index contributed by atoms with van der Waals surface area (Å²) < 4.78 is 5.50. The van der Waals surface area contributed by atoms with Crippen LogP contribution in [0.1, 0.15) is 11.1 Å². The van der Waals surface area contributed by atoms with E-state index in [0.29, 0.717) is 6.61 Å². The first-order valence-electron chi connectivity index (χ1n) is 4.46. The summed E-state index contributed by atoms with van der Waals surface area (Å²) in [4.78, 5) is 0. The number of fused-ring (bicyclic) bond motifs is 1. The zero-order chi connectivity index (χ0) is 9.10. The molecule has 0 aliphatic carbocycles. The minimum Gasteiger partial charge on any atom is -0.492 e. The van der Waals surface area contributed by atoms with Gasteiger partial charge < -0.3 is 15.2 Å². The zero-order valence-electron chi connectivity index (χ0n) is 7.82. The summed E-state index contributed by atoms with van der Waals surface area (Å²) >= 11 is 0. The lowest BCUT2D eigenvalue weighted by Crippen LogP contribution is -2.16. The van der Waals surface area contributed by atoms with Crippen LogP contribution in [0.4, 0.5) is 0 Å². The Hall–Kier alpha value is -0.770. The molecule has 2 rings (SSSR count). The standard InChI is InChI=1S/C10H13NO2.ClH/c12-7-8-1-2-10-9(5-8)6-11-3-4-13-10;/h1-2,5,11-12H,3-4,6-7H2;1H. The molecule has 78 valence electrons. The Morgan fingerprint density at radius 1 is 1.43 bits per heavy atom. The smallest absolute Gasteiger partial charge is 0.123 e. The molecular formula is C10H14ClNO2. The van der Waals surface area contributed by atoms with E-state index in [2.05, 4.69) is 5.32 Å². The fourth-order valence-corrected chi connectivity index (χ4v) is 1.47. The summed E-state index contributed by atoms with van der Waals surface area (Å²) in [5.74, 6) is 0.933. The fraction of sp³-hybridized carbons (Fsp3) is 0.400. The van der Waals surface area contributed by atoms with Crippen LogP contribution in [0.3, 0.4) is 0 Å². The predicted molar refractivity (Wildman–Crippen MR) is 56.8 cm³/mol. The monoisotopic (exact) mass is 215 g/mol. The van der Waals surface area contributed by atoms with Crippen molar-refractivity contribution in [3.8, 4) is 5.75 Å². The quantitative estimate of drug-likeness (QED) is 0.737. The molecule has 0 atom stereocenters. The maximum atomic E-state index is 8.95. The maximum absolute atomic E-state index is 8.95. The molecule has 2 N–H and O–H groups in total. The van der Waals surface area contributed by atoms with Gasteiger partial charge in [-0.2, -0.15) is 0 Å². The van der Waals surface area contributed by atoms with Gasteiger partial charge in [0, 0.05) is 18.7 Å². The molecule has 0 radical (unpaired) electrons. The summed E-state index contributed by atoms with van der Waals surface area (Å²) in [5.41, 5.74) is 2.06. The highest BCUT2D eigenvalue weighted by Crippen LogP contribution is 2.21. The van der Waals surface area contributed by atoms with E-state index >= 15 is 0 Å². The lowest BCUT2D eigenvalue weighted by molar-refractivity contribution is 0.281. The number of aliphatic hydroxyl groups is 1. The molecule has 1 heterocycles. The summed E-state index contributed by atoms with van der Waals surface area (Å²) in [7, 11) is 0. The second kappa shape index (κ2) is 5.20. The van der Waals surface area contributed by atoms with Crippen LogP contribution in [0.25, 0.3) is 0 Å². The minimum absolute atomic E-state index is 0. The topological polar surface area (TPSA) is 41.5 Å². The molecule has 1 aromatic rings. The van der Waals surface area contributed by atoms with Crippen LogP contribution in [-0.4, -0.2) is 18.3 Å². The van der Waals surface area contributed by atoms with Crippen molar-refractivity contribution in [2.24, 2.45) is 0 Å².